The summed E-state index contributed by atoms with van der Waals surface area (Å²) in [7, 11) is 0. The summed E-state index contributed by atoms with van der Waals surface area (Å²) in [6.45, 7) is 7.82. The number of hydrogen-bond donors (Lipinski definition) is 1. The zero-order valence-electron chi connectivity index (χ0n) is 19.0. The third-order valence-electron chi connectivity index (χ3n) is 6.61. The molecular formula is C26H32N4O2. The molecule has 2 aliphatic heterocycles. The molecule has 1 fully saturated rings. The molecule has 1 saturated heterocycles. The Labute approximate surface area is 189 Å². The molecule has 6 heteroatoms. The molecule has 2 unspecified atom stereocenters. The number of carbonyl (C=O) groups excluding carboxylic acids is 1. The first-order valence-corrected chi connectivity index (χ1v) is 11.7. The van der Waals surface area contributed by atoms with Gasteiger partial charge in [0, 0.05) is 42.4 Å². The van der Waals surface area contributed by atoms with Crippen molar-refractivity contribution in [3.8, 4) is 0 Å². The molecule has 2 atom stereocenters. The lowest BCUT2D eigenvalue weighted by atomic mass is 9.94. The van der Waals surface area contributed by atoms with Gasteiger partial charge in [-0.2, -0.15) is 0 Å². The number of aromatic nitrogens is 2. The Morgan fingerprint density at radius 3 is 2.78 bits per heavy atom. The molecule has 1 aromatic carbocycles. The fourth-order valence-electron chi connectivity index (χ4n) is 5.15. The molecular weight excluding hydrogens is 400 g/mol. The maximum Gasteiger partial charge on any atom is 0.240 e. The van der Waals surface area contributed by atoms with Crippen molar-refractivity contribution >= 4 is 16.8 Å². The molecule has 3 aromatic rings. The molecule has 1 N–H and O–H groups in total. The van der Waals surface area contributed by atoms with E-state index in [2.05, 4.69) is 59.2 Å². The zero-order chi connectivity index (χ0) is 22.1. The molecule has 0 radical (unpaired) electrons. The average Bonchev–Trinajstić information content (AvgIpc) is 3.07. The number of amides is 1. The first-order chi connectivity index (χ1) is 15.6. The molecule has 2 aliphatic rings. The number of rotatable bonds is 5. The van der Waals surface area contributed by atoms with E-state index in [1.165, 1.54) is 22.0 Å². The van der Waals surface area contributed by atoms with Crippen molar-refractivity contribution in [1.29, 1.82) is 0 Å². The van der Waals surface area contributed by atoms with Crippen LogP contribution in [0, 0.1) is 5.92 Å². The molecule has 4 heterocycles. The molecule has 0 aliphatic carbocycles. The second-order valence-corrected chi connectivity index (χ2v) is 9.39. The lowest BCUT2D eigenvalue weighted by Gasteiger charge is -2.32. The maximum atomic E-state index is 13.5. The monoisotopic (exact) mass is 432 g/mol. The standard InChI is InChI=1S/C26H32N4O2/c1-18(2)14-22-21-7-5-8-24-25(21)19(16-30(24)17-20-6-3-4-9-27-20)15-23(28-22)26(31)29-10-12-32-13-11-29/h3-9,16,18,22-23,28H,10-15,17H2,1-2H3. The van der Waals surface area contributed by atoms with E-state index in [1.807, 2.05) is 23.2 Å². The molecule has 6 nitrogen and oxygen atoms in total. The van der Waals surface area contributed by atoms with Crippen molar-refractivity contribution in [1.82, 2.24) is 19.8 Å². The highest BCUT2D eigenvalue weighted by Gasteiger charge is 2.33. The predicted octanol–water partition coefficient (Wildman–Crippen LogP) is 3.54. The van der Waals surface area contributed by atoms with Gasteiger partial charge in [0.2, 0.25) is 5.91 Å². The second kappa shape index (κ2) is 9.04. The number of nitrogens with one attached hydrogen (secondary N) is 1. The van der Waals surface area contributed by atoms with Crippen molar-refractivity contribution in [3.05, 3.63) is 65.6 Å². The highest BCUT2D eigenvalue weighted by atomic mass is 16.5. The fraction of sp³-hybridized carbons (Fsp3) is 0.462. The van der Waals surface area contributed by atoms with Crippen molar-refractivity contribution < 1.29 is 9.53 Å². The molecule has 0 spiro atoms. The van der Waals surface area contributed by atoms with Gasteiger partial charge in [-0.1, -0.05) is 32.0 Å². The van der Waals surface area contributed by atoms with Gasteiger partial charge in [-0.25, -0.2) is 0 Å². The number of benzene rings is 1. The summed E-state index contributed by atoms with van der Waals surface area (Å²) in [6.07, 6.45) is 5.78. The van der Waals surface area contributed by atoms with Crippen LogP contribution < -0.4 is 5.32 Å². The molecule has 168 valence electrons. The summed E-state index contributed by atoms with van der Waals surface area (Å²) in [5.41, 5.74) is 4.81. The van der Waals surface area contributed by atoms with Crippen LogP contribution in [0.25, 0.3) is 10.9 Å². The Morgan fingerprint density at radius 2 is 2.03 bits per heavy atom. The van der Waals surface area contributed by atoms with Crippen LogP contribution in [0.4, 0.5) is 0 Å². The van der Waals surface area contributed by atoms with Crippen molar-refractivity contribution in [2.24, 2.45) is 5.92 Å². The highest BCUT2D eigenvalue weighted by Crippen LogP contribution is 2.36. The number of carbonyl (C=O) groups is 1. The van der Waals surface area contributed by atoms with Crippen molar-refractivity contribution in [2.75, 3.05) is 26.3 Å². The van der Waals surface area contributed by atoms with Crippen LogP contribution in [0.15, 0.2) is 48.8 Å². The molecule has 2 aromatic heterocycles. The van der Waals surface area contributed by atoms with Gasteiger partial charge in [-0.3, -0.25) is 15.1 Å². The van der Waals surface area contributed by atoms with Gasteiger partial charge >= 0.3 is 0 Å². The molecule has 0 saturated carbocycles. The SMILES string of the molecule is CC(C)CC1NC(C(=O)N2CCOCC2)Cc2cn(Cc3ccccn3)c3cccc1c23. The van der Waals surface area contributed by atoms with Crippen LogP contribution in [-0.4, -0.2) is 52.7 Å². The van der Waals surface area contributed by atoms with Gasteiger partial charge < -0.3 is 14.2 Å². The van der Waals surface area contributed by atoms with Gasteiger partial charge in [0.25, 0.3) is 0 Å². The minimum Gasteiger partial charge on any atom is -0.378 e. The van der Waals surface area contributed by atoms with E-state index < -0.39 is 0 Å². The van der Waals surface area contributed by atoms with Crippen LogP contribution in [-0.2, 0) is 22.5 Å². The van der Waals surface area contributed by atoms with Crippen LogP contribution in [0.1, 0.15) is 43.1 Å². The average molecular weight is 433 g/mol. The Kier molecular flexibility index (Phi) is 5.98. The van der Waals surface area contributed by atoms with E-state index in [-0.39, 0.29) is 18.0 Å². The minimum atomic E-state index is -0.224. The van der Waals surface area contributed by atoms with E-state index in [4.69, 9.17) is 4.74 Å². The second-order valence-electron chi connectivity index (χ2n) is 9.39. The van der Waals surface area contributed by atoms with E-state index in [1.54, 1.807) is 0 Å². The summed E-state index contributed by atoms with van der Waals surface area (Å²) in [6, 6.07) is 12.6. The fourth-order valence-corrected chi connectivity index (χ4v) is 5.15. The summed E-state index contributed by atoms with van der Waals surface area (Å²) in [5, 5.41) is 5.06. The maximum absolute atomic E-state index is 13.5. The predicted molar refractivity (Wildman–Crippen MR) is 125 cm³/mol. The normalized spacial score (nSPS) is 21.2. The molecule has 0 bridgehead atoms. The van der Waals surface area contributed by atoms with Crippen molar-refractivity contribution in [2.45, 2.75) is 45.3 Å². The Morgan fingerprint density at radius 1 is 1.19 bits per heavy atom. The summed E-state index contributed by atoms with van der Waals surface area (Å²) >= 11 is 0. The topological polar surface area (TPSA) is 59.4 Å². The van der Waals surface area contributed by atoms with E-state index in [9.17, 15) is 4.79 Å². The molecule has 5 rings (SSSR count). The number of morpholine rings is 1. The number of nitrogens with zero attached hydrogens (tertiary/aromatic N) is 3. The third kappa shape index (κ3) is 4.17. The number of ether oxygens (including phenoxy) is 1. The van der Waals surface area contributed by atoms with Gasteiger partial charge in [0.15, 0.2) is 0 Å². The third-order valence-corrected chi connectivity index (χ3v) is 6.61. The number of pyridine rings is 1. The van der Waals surface area contributed by atoms with E-state index in [0.717, 1.165) is 18.7 Å². The summed E-state index contributed by atoms with van der Waals surface area (Å²) in [5.74, 6) is 0.722. The van der Waals surface area contributed by atoms with Gasteiger partial charge in [0.05, 0.1) is 31.5 Å². The Balaban J connectivity index is 1.55. The smallest absolute Gasteiger partial charge is 0.240 e. The van der Waals surface area contributed by atoms with Gasteiger partial charge in [-0.15, -0.1) is 0 Å². The number of hydrogen-bond acceptors (Lipinski definition) is 4. The van der Waals surface area contributed by atoms with E-state index >= 15 is 0 Å². The van der Waals surface area contributed by atoms with Gasteiger partial charge in [0.1, 0.15) is 0 Å². The van der Waals surface area contributed by atoms with E-state index in [0.29, 0.717) is 38.6 Å². The first-order valence-electron chi connectivity index (χ1n) is 11.7. The largest absolute Gasteiger partial charge is 0.378 e. The van der Waals surface area contributed by atoms with Crippen LogP contribution in [0.5, 0.6) is 0 Å². The van der Waals surface area contributed by atoms with Crippen LogP contribution in [0.3, 0.4) is 0 Å². The highest BCUT2D eigenvalue weighted by molar-refractivity contribution is 5.90. The van der Waals surface area contributed by atoms with Crippen LogP contribution >= 0.6 is 0 Å². The lowest BCUT2D eigenvalue weighted by Crippen LogP contribution is -2.51. The van der Waals surface area contributed by atoms with Gasteiger partial charge in [-0.05, 0) is 48.1 Å². The zero-order valence-corrected chi connectivity index (χ0v) is 19.0. The quantitative estimate of drug-likeness (QED) is 0.670. The summed E-state index contributed by atoms with van der Waals surface area (Å²) < 4.78 is 7.77. The minimum absolute atomic E-state index is 0.153. The Hall–Kier alpha value is -2.70. The van der Waals surface area contributed by atoms with Crippen molar-refractivity contribution in [3.63, 3.8) is 0 Å². The summed E-state index contributed by atoms with van der Waals surface area (Å²) in [4.78, 5) is 20.0. The Bertz CT molecular complexity index is 1090. The molecule has 32 heavy (non-hydrogen) atoms. The first kappa shape index (κ1) is 21.2. The lowest BCUT2D eigenvalue weighted by molar-refractivity contribution is -0.137. The van der Waals surface area contributed by atoms with Crippen LogP contribution in [0.2, 0.25) is 0 Å². The molecule has 1 amide bonds.